The Balaban J connectivity index is 1.44. The molecule has 0 N–H and O–H groups in total. The average molecular weight is 431 g/mol. The lowest BCUT2D eigenvalue weighted by Crippen LogP contribution is -2.36. The zero-order chi connectivity index (χ0) is 22.2. The second kappa shape index (κ2) is 8.06. The van der Waals surface area contributed by atoms with Crippen LogP contribution in [0.3, 0.4) is 0 Å². The number of allylic oxidation sites excluding steroid dienone is 1. The normalized spacial score (nSPS) is 22.9. The van der Waals surface area contributed by atoms with Crippen molar-refractivity contribution in [1.82, 2.24) is 9.88 Å². The number of amidine groups is 2. The predicted octanol–water partition coefficient (Wildman–Crippen LogP) is 4.40. The summed E-state index contributed by atoms with van der Waals surface area (Å²) in [4.78, 5) is 26.2. The molecule has 0 spiro atoms. The van der Waals surface area contributed by atoms with E-state index in [1.807, 2.05) is 80.3 Å². The monoisotopic (exact) mass is 430 g/mol. The van der Waals surface area contributed by atoms with Crippen LogP contribution in [0.25, 0.3) is 0 Å². The Labute approximate surface area is 192 Å². The summed E-state index contributed by atoms with van der Waals surface area (Å²) in [5, 5.41) is 0. The molecule has 0 fully saturated rings. The fraction of sp³-hybridized carbons (Fsp3) is 0.148. The molecule has 0 aliphatic carbocycles. The van der Waals surface area contributed by atoms with E-state index in [0.717, 1.165) is 33.8 Å². The second-order valence-corrected chi connectivity index (χ2v) is 8.24. The van der Waals surface area contributed by atoms with E-state index in [1.54, 1.807) is 0 Å². The van der Waals surface area contributed by atoms with Gasteiger partial charge in [-0.1, -0.05) is 66.7 Å². The van der Waals surface area contributed by atoms with Crippen LogP contribution in [0.2, 0.25) is 0 Å². The van der Waals surface area contributed by atoms with E-state index in [9.17, 15) is 0 Å². The van der Waals surface area contributed by atoms with Gasteiger partial charge in [0.15, 0.2) is 12.0 Å². The number of dihydropyridines is 1. The highest BCUT2D eigenvalue weighted by Crippen LogP contribution is 2.34. The molecular weight excluding hydrogens is 408 g/mol. The summed E-state index contributed by atoms with van der Waals surface area (Å²) in [7, 11) is 2.03. The number of hydrogen-bond acceptors (Lipinski definition) is 6. The van der Waals surface area contributed by atoms with Crippen LogP contribution in [-0.2, 0) is 0 Å². The summed E-state index contributed by atoms with van der Waals surface area (Å²) < 4.78 is 0. The Kier molecular flexibility index (Phi) is 4.76. The molecule has 0 saturated carbocycles. The summed E-state index contributed by atoms with van der Waals surface area (Å²) >= 11 is 0. The van der Waals surface area contributed by atoms with Crippen LogP contribution < -0.4 is 0 Å². The van der Waals surface area contributed by atoms with Gasteiger partial charge < -0.3 is 4.90 Å². The van der Waals surface area contributed by atoms with Gasteiger partial charge in [0.25, 0.3) is 0 Å². The predicted molar refractivity (Wildman–Crippen MR) is 132 cm³/mol. The van der Waals surface area contributed by atoms with E-state index < -0.39 is 0 Å². The first-order valence-corrected chi connectivity index (χ1v) is 11.0. The first-order valence-electron chi connectivity index (χ1n) is 11.0. The molecule has 0 radical (unpaired) electrons. The summed E-state index contributed by atoms with van der Waals surface area (Å²) in [6.45, 7) is 0. The van der Waals surface area contributed by atoms with E-state index in [1.165, 1.54) is 0 Å². The third-order valence-corrected chi connectivity index (χ3v) is 6.12. The highest BCUT2D eigenvalue weighted by atomic mass is 15.3. The van der Waals surface area contributed by atoms with Gasteiger partial charge in [0.05, 0.1) is 11.7 Å². The standard InChI is InChI=1S/C27H22N6/c1-33-26(19-11-6-3-7-12-19)31-25(18-9-4-2-5-10-18)32-27(33)21-15-20-16-29-22-13-8-14-28-24(22)23(20)30-17-21/h2-17,22,24,27H,1H3. The van der Waals surface area contributed by atoms with Gasteiger partial charge in [-0.15, -0.1) is 0 Å². The van der Waals surface area contributed by atoms with Crippen molar-refractivity contribution in [2.24, 2.45) is 20.0 Å². The topological polar surface area (TPSA) is 65.6 Å². The number of nitrogens with zero attached hydrogens (tertiary/aromatic N) is 6. The second-order valence-electron chi connectivity index (χ2n) is 8.24. The van der Waals surface area contributed by atoms with Gasteiger partial charge in [-0.3, -0.25) is 15.0 Å². The maximum absolute atomic E-state index is 5.04. The van der Waals surface area contributed by atoms with Gasteiger partial charge in [-0.25, -0.2) is 9.98 Å². The zero-order valence-corrected chi connectivity index (χ0v) is 18.2. The van der Waals surface area contributed by atoms with Gasteiger partial charge in [0.1, 0.15) is 11.9 Å². The number of rotatable bonds is 3. The van der Waals surface area contributed by atoms with Crippen molar-refractivity contribution in [3.8, 4) is 0 Å². The van der Waals surface area contributed by atoms with Gasteiger partial charge in [0, 0.05) is 47.9 Å². The molecule has 3 unspecified atom stereocenters. The summed E-state index contributed by atoms with van der Waals surface area (Å²) in [5.41, 5.74) is 4.99. The van der Waals surface area contributed by atoms with Gasteiger partial charge >= 0.3 is 0 Å². The fourth-order valence-corrected chi connectivity index (χ4v) is 4.44. The van der Waals surface area contributed by atoms with Crippen molar-refractivity contribution in [2.45, 2.75) is 18.2 Å². The number of aliphatic imine (C=N–C) groups is 4. The van der Waals surface area contributed by atoms with Crippen molar-refractivity contribution in [3.63, 3.8) is 0 Å². The van der Waals surface area contributed by atoms with Crippen molar-refractivity contribution in [2.75, 3.05) is 7.05 Å². The molecule has 3 aliphatic heterocycles. The maximum atomic E-state index is 5.04. The molecule has 2 aromatic carbocycles. The lowest BCUT2D eigenvalue weighted by atomic mass is 9.95. The molecule has 0 bridgehead atoms. The van der Waals surface area contributed by atoms with Crippen LogP contribution >= 0.6 is 0 Å². The van der Waals surface area contributed by atoms with Gasteiger partial charge in [-0.05, 0) is 12.1 Å². The van der Waals surface area contributed by atoms with Crippen LogP contribution in [0.15, 0.2) is 105 Å². The lowest BCUT2D eigenvalue weighted by molar-refractivity contribution is 0.381. The summed E-state index contributed by atoms with van der Waals surface area (Å²) in [6.07, 6.45) is 9.42. The molecule has 3 aliphatic rings. The van der Waals surface area contributed by atoms with E-state index >= 15 is 0 Å². The SMILES string of the molecule is CN1C(c2ccccc2)=NC(c2ccccc2)=NC1c1cnc2c(c1)C=NC1C=CC=NC21. The van der Waals surface area contributed by atoms with Gasteiger partial charge in [-0.2, -0.15) is 0 Å². The first-order chi connectivity index (χ1) is 16.3. The lowest BCUT2D eigenvalue weighted by Gasteiger charge is -2.33. The summed E-state index contributed by atoms with van der Waals surface area (Å²) in [6, 6.07) is 22.4. The van der Waals surface area contributed by atoms with Crippen LogP contribution in [0.4, 0.5) is 0 Å². The maximum Gasteiger partial charge on any atom is 0.159 e. The minimum atomic E-state index is -0.258. The number of pyridine rings is 1. The molecule has 4 heterocycles. The Morgan fingerprint density at radius 2 is 1.64 bits per heavy atom. The van der Waals surface area contributed by atoms with Crippen molar-refractivity contribution in [3.05, 3.63) is 113 Å². The molecule has 3 atom stereocenters. The molecule has 3 aromatic rings. The third kappa shape index (κ3) is 3.49. The van der Waals surface area contributed by atoms with E-state index in [0.29, 0.717) is 5.84 Å². The Bertz CT molecular complexity index is 1340. The minimum absolute atomic E-state index is 0.0257. The highest BCUT2D eigenvalue weighted by Gasteiger charge is 2.31. The van der Waals surface area contributed by atoms with Crippen molar-refractivity contribution < 1.29 is 0 Å². The smallest absolute Gasteiger partial charge is 0.159 e. The number of hydrogen-bond donors (Lipinski definition) is 0. The third-order valence-electron chi connectivity index (χ3n) is 6.12. The van der Waals surface area contributed by atoms with E-state index in [-0.39, 0.29) is 18.2 Å². The molecule has 6 nitrogen and oxygen atoms in total. The highest BCUT2D eigenvalue weighted by molar-refractivity contribution is 6.12. The van der Waals surface area contributed by atoms with Crippen LogP contribution in [0, 0.1) is 0 Å². The molecule has 160 valence electrons. The molecular formula is C27H22N6. The average Bonchev–Trinajstić information content (AvgIpc) is 2.89. The van der Waals surface area contributed by atoms with Crippen LogP contribution in [0.5, 0.6) is 0 Å². The largest absolute Gasteiger partial charge is 0.333 e. The molecule has 6 rings (SSSR count). The first kappa shape index (κ1) is 19.5. The molecule has 0 amide bonds. The quantitative estimate of drug-likeness (QED) is 0.618. The zero-order valence-electron chi connectivity index (χ0n) is 18.2. The van der Waals surface area contributed by atoms with E-state index in [2.05, 4.69) is 39.2 Å². The number of benzene rings is 2. The Morgan fingerprint density at radius 1 is 0.879 bits per heavy atom. The van der Waals surface area contributed by atoms with Crippen molar-refractivity contribution in [1.29, 1.82) is 0 Å². The van der Waals surface area contributed by atoms with Crippen LogP contribution in [0.1, 0.15) is 40.2 Å². The molecule has 1 aromatic heterocycles. The number of aromatic nitrogens is 1. The Morgan fingerprint density at radius 3 is 2.42 bits per heavy atom. The van der Waals surface area contributed by atoms with E-state index in [4.69, 9.17) is 15.0 Å². The Hall–Kier alpha value is -4.19. The molecule has 33 heavy (non-hydrogen) atoms. The minimum Gasteiger partial charge on any atom is -0.333 e. The molecule has 0 saturated heterocycles. The van der Waals surface area contributed by atoms with Gasteiger partial charge in [0.2, 0.25) is 0 Å². The molecule has 6 heteroatoms. The van der Waals surface area contributed by atoms with Crippen molar-refractivity contribution >= 4 is 24.1 Å². The number of fused-ring (bicyclic) bond motifs is 3. The summed E-state index contributed by atoms with van der Waals surface area (Å²) in [5.74, 6) is 1.59. The van der Waals surface area contributed by atoms with Crippen LogP contribution in [-0.4, -0.2) is 47.1 Å². The fourth-order valence-electron chi connectivity index (χ4n) is 4.44.